The summed E-state index contributed by atoms with van der Waals surface area (Å²) < 4.78 is 0. The number of amides is 3. The predicted molar refractivity (Wildman–Crippen MR) is 160 cm³/mol. The van der Waals surface area contributed by atoms with Crippen LogP contribution < -0.4 is 16.0 Å². The molecule has 0 radical (unpaired) electrons. The van der Waals surface area contributed by atoms with Gasteiger partial charge < -0.3 is 20.9 Å². The van der Waals surface area contributed by atoms with E-state index >= 15 is 0 Å². The van der Waals surface area contributed by atoms with Crippen LogP contribution in [-0.4, -0.2) is 53.3 Å². The number of anilines is 1. The number of likely N-dealkylation sites (tertiary alicyclic amines) is 1. The van der Waals surface area contributed by atoms with E-state index in [0.29, 0.717) is 35.9 Å². The second-order valence-electron chi connectivity index (χ2n) is 10.0. The molecule has 0 aliphatic carbocycles. The van der Waals surface area contributed by atoms with E-state index in [1.807, 2.05) is 40.7 Å². The van der Waals surface area contributed by atoms with E-state index in [4.69, 9.17) is 0 Å². The van der Waals surface area contributed by atoms with E-state index in [1.54, 1.807) is 34.8 Å². The lowest BCUT2D eigenvalue weighted by Crippen LogP contribution is -2.48. The predicted octanol–water partition coefficient (Wildman–Crippen LogP) is 4.72. The summed E-state index contributed by atoms with van der Waals surface area (Å²) in [5.41, 5.74) is 2.14. The SMILES string of the molecule is O=C(Cc1cccs1)NCc1ccc(-c2cnc(C3CN(C(=O)c4ccc(NC(=O)[C@@H]5CCCN5)s4)C3)s2)cc1. The molecule has 1 atom stereocenters. The van der Waals surface area contributed by atoms with Crippen molar-refractivity contribution in [2.45, 2.75) is 37.8 Å². The lowest BCUT2D eigenvalue weighted by atomic mass is 10.0. The van der Waals surface area contributed by atoms with Gasteiger partial charge in [0.1, 0.15) is 0 Å². The van der Waals surface area contributed by atoms with Crippen LogP contribution in [0.1, 0.15) is 43.9 Å². The van der Waals surface area contributed by atoms with Crippen molar-refractivity contribution in [2.75, 3.05) is 25.0 Å². The lowest BCUT2D eigenvalue weighted by molar-refractivity contribution is -0.120. The smallest absolute Gasteiger partial charge is 0.264 e. The van der Waals surface area contributed by atoms with Gasteiger partial charge in [-0.05, 0) is 54.1 Å². The molecule has 2 aliphatic rings. The van der Waals surface area contributed by atoms with Crippen molar-refractivity contribution in [3.05, 3.63) is 80.4 Å². The van der Waals surface area contributed by atoms with Crippen molar-refractivity contribution < 1.29 is 14.4 Å². The van der Waals surface area contributed by atoms with Crippen molar-refractivity contribution in [3.8, 4) is 10.4 Å². The molecule has 2 aliphatic heterocycles. The Hall–Kier alpha value is -3.38. The number of aromatic nitrogens is 1. The zero-order chi connectivity index (χ0) is 27.5. The number of nitrogens with zero attached hydrogens (tertiary/aromatic N) is 2. The Labute approximate surface area is 244 Å². The fourth-order valence-electron chi connectivity index (χ4n) is 4.82. The summed E-state index contributed by atoms with van der Waals surface area (Å²) in [5.74, 6) is 0.215. The molecule has 2 fully saturated rings. The Morgan fingerprint density at radius 2 is 1.90 bits per heavy atom. The highest BCUT2D eigenvalue weighted by Gasteiger charge is 2.35. The Morgan fingerprint density at radius 1 is 1.05 bits per heavy atom. The van der Waals surface area contributed by atoms with Crippen LogP contribution in [0.15, 0.2) is 60.1 Å². The summed E-state index contributed by atoms with van der Waals surface area (Å²) >= 11 is 4.57. The number of thiophene rings is 2. The molecular formula is C29H29N5O3S3. The van der Waals surface area contributed by atoms with Gasteiger partial charge in [0.25, 0.3) is 5.91 Å². The summed E-state index contributed by atoms with van der Waals surface area (Å²) in [5, 5.41) is 12.8. The topological polar surface area (TPSA) is 103 Å². The molecule has 6 rings (SSSR count). The first-order valence-electron chi connectivity index (χ1n) is 13.3. The molecule has 206 valence electrons. The molecule has 11 heteroatoms. The van der Waals surface area contributed by atoms with Crippen LogP contribution in [0.5, 0.6) is 0 Å². The molecule has 0 spiro atoms. The number of carbonyl (C=O) groups excluding carboxylic acids is 3. The Balaban J connectivity index is 0.977. The van der Waals surface area contributed by atoms with E-state index in [9.17, 15) is 14.4 Å². The molecule has 3 N–H and O–H groups in total. The third kappa shape index (κ3) is 6.17. The van der Waals surface area contributed by atoms with Gasteiger partial charge in [-0.2, -0.15) is 0 Å². The number of benzene rings is 1. The second-order valence-corrected chi connectivity index (χ2v) is 13.2. The van der Waals surface area contributed by atoms with Crippen molar-refractivity contribution in [2.24, 2.45) is 0 Å². The third-order valence-corrected chi connectivity index (χ3v) is 10.2. The summed E-state index contributed by atoms with van der Waals surface area (Å²) in [6, 6.07) is 15.6. The number of hydrogen-bond donors (Lipinski definition) is 3. The minimum atomic E-state index is -0.146. The highest BCUT2D eigenvalue weighted by Crippen LogP contribution is 2.36. The summed E-state index contributed by atoms with van der Waals surface area (Å²) in [4.78, 5) is 46.7. The normalized spacial score (nSPS) is 17.0. The van der Waals surface area contributed by atoms with Crippen molar-refractivity contribution in [1.82, 2.24) is 20.5 Å². The van der Waals surface area contributed by atoms with Crippen molar-refractivity contribution in [1.29, 1.82) is 0 Å². The standard InChI is InChI=1S/C29H29N5O3S3/c35-25(13-21-3-2-12-38-21)31-14-18-5-7-19(8-6-18)24-15-32-28(40-24)20-16-34(17-20)29(37)23-9-10-26(39-23)33-27(36)22-4-1-11-30-22/h2-3,5-10,12,15,20,22,30H,1,4,11,13-14,16-17H2,(H,31,35)(H,33,36)/t22-/m0/s1. The van der Waals surface area contributed by atoms with Gasteiger partial charge in [0.05, 0.1) is 32.2 Å². The highest BCUT2D eigenvalue weighted by atomic mass is 32.1. The monoisotopic (exact) mass is 591 g/mol. The van der Waals surface area contributed by atoms with E-state index < -0.39 is 0 Å². The van der Waals surface area contributed by atoms with Crippen LogP contribution >= 0.6 is 34.0 Å². The molecule has 0 saturated carbocycles. The van der Waals surface area contributed by atoms with Gasteiger partial charge >= 0.3 is 0 Å². The Kier molecular flexibility index (Phi) is 8.05. The Bertz CT molecular complexity index is 1480. The molecule has 4 aromatic rings. The average Bonchev–Trinajstić information content (AvgIpc) is 3.75. The summed E-state index contributed by atoms with van der Waals surface area (Å²) in [6.07, 6.45) is 4.16. The molecule has 5 heterocycles. The van der Waals surface area contributed by atoms with Crippen molar-refractivity contribution in [3.63, 3.8) is 0 Å². The molecular weight excluding hydrogens is 563 g/mol. The number of nitrogens with one attached hydrogen (secondary N) is 3. The molecule has 40 heavy (non-hydrogen) atoms. The number of hydrogen-bond acceptors (Lipinski definition) is 8. The fourth-order valence-corrected chi connectivity index (χ4v) is 7.41. The van der Waals surface area contributed by atoms with Crippen LogP contribution in [0.4, 0.5) is 5.00 Å². The van der Waals surface area contributed by atoms with Crippen LogP contribution in [0, 0.1) is 0 Å². The molecule has 3 amide bonds. The maximum absolute atomic E-state index is 13.0. The maximum Gasteiger partial charge on any atom is 0.264 e. The first-order chi connectivity index (χ1) is 19.5. The molecule has 0 unspecified atom stereocenters. The third-order valence-electron chi connectivity index (χ3n) is 7.12. The number of rotatable bonds is 9. The minimum absolute atomic E-state index is 0.00408. The molecule has 0 bridgehead atoms. The molecule has 2 saturated heterocycles. The first kappa shape index (κ1) is 26.8. The number of carbonyl (C=O) groups is 3. The molecule has 3 aromatic heterocycles. The Morgan fingerprint density at radius 3 is 2.65 bits per heavy atom. The van der Waals surface area contributed by atoms with Crippen LogP contribution in [0.3, 0.4) is 0 Å². The highest BCUT2D eigenvalue weighted by molar-refractivity contribution is 7.18. The quantitative estimate of drug-likeness (QED) is 0.261. The second kappa shape index (κ2) is 12.0. The lowest BCUT2D eigenvalue weighted by Gasteiger charge is -2.37. The van der Waals surface area contributed by atoms with Crippen LogP contribution in [-0.2, 0) is 22.6 Å². The first-order valence-corrected chi connectivity index (χ1v) is 15.8. The summed E-state index contributed by atoms with van der Waals surface area (Å²) in [6.45, 7) is 2.65. The number of thiazole rings is 1. The zero-order valence-electron chi connectivity index (χ0n) is 21.7. The van der Waals surface area contributed by atoms with Gasteiger partial charge in [-0.3, -0.25) is 14.4 Å². The summed E-state index contributed by atoms with van der Waals surface area (Å²) in [7, 11) is 0. The van der Waals surface area contributed by atoms with Gasteiger partial charge in [-0.1, -0.05) is 30.3 Å². The maximum atomic E-state index is 13.0. The largest absolute Gasteiger partial charge is 0.352 e. The average molecular weight is 592 g/mol. The van der Waals surface area contributed by atoms with Crippen molar-refractivity contribution >= 4 is 56.7 Å². The van der Waals surface area contributed by atoms with E-state index in [1.165, 1.54) is 11.3 Å². The van der Waals surface area contributed by atoms with Crippen LogP contribution in [0.2, 0.25) is 0 Å². The molecule has 1 aromatic carbocycles. The van der Waals surface area contributed by atoms with Gasteiger partial charge in [-0.25, -0.2) is 4.98 Å². The van der Waals surface area contributed by atoms with Gasteiger partial charge in [0.15, 0.2) is 0 Å². The van der Waals surface area contributed by atoms with E-state index in [0.717, 1.165) is 45.3 Å². The fraction of sp³-hybridized carbons (Fsp3) is 0.310. The van der Waals surface area contributed by atoms with Crippen LogP contribution in [0.25, 0.3) is 10.4 Å². The van der Waals surface area contributed by atoms with Gasteiger partial charge in [-0.15, -0.1) is 34.0 Å². The molecule has 8 nitrogen and oxygen atoms in total. The van der Waals surface area contributed by atoms with Gasteiger partial charge in [0.2, 0.25) is 11.8 Å². The minimum Gasteiger partial charge on any atom is -0.352 e. The van der Waals surface area contributed by atoms with Gasteiger partial charge in [0, 0.05) is 36.6 Å². The van der Waals surface area contributed by atoms with E-state index in [-0.39, 0.29) is 29.7 Å². The zero-order valence-corrected chi connectivity index (χ0v) is 24.2. The van der Waals surface area contributed by atoms with E-state index in [2.05, 4.69) is 33.1 Å².